The van der Waals surface area contributed by atoms with Gasteiger partial charge in [0, 0.05) is 49.8 Å². The van der Waals surface area contributed by atoms with Gasteiger partial charge in [-0.25, -0.2) is 9.78 Å². The normalized spacial score (nSPS) is 18.2. The summed E-state index contributed by atoms with van der Waals surface area (Å²) in [6.45, 7) is 6.85. The van der Waals surface area contributed by atoms with Gasteiger partial charge in [-0.2, -0.15) is 0 Å². The maximum Gasteiger partial charge on any atom is 0.319 e. The number of urea groups is 1. The molecule has 0 unspecified atom stereocenters. The number of nitrogens with zero attached hydrogens (tertiary/aromatic N) is 3. The van der Waals surface area contributed by atoms with Crippen molar-refractivity contribution < 1.29 is 4.79 Å². The lowest BCUT2D eigenvalue weighted by Gasteiger charge is -2.32. The average Bonchev–Trinajstić information content (AvgIpc) is 3.37. The van der Waals surface area contributed by atoms with Gasteiger partial charge in [0.2, 0.25) is 0 Å². The van der Waals surface area contributed by atoms with Crippen molar-refractivity contribution in [2.24, 2.45) is 0 Å². The van der Waals surface area contributed by atoms with Gasteiger partial charge >= 0.3 is 6.03 Å². The van der Waals surface area contributed by atoms with Gasteiger partial charge in [0.25, 0.3) is 0 Å². The van der Waals surface area contributed by atoms with Crippen LogP contribution in [0.25, 0.3) is 0 Å². The molecule has 1 saturated heterocycles. The SMILES string of the molecule is C[C@@H](CNC(=O)Nc1cccnc1N1CCCC1)N1CCc2sccc2C1. The highest BCUT2D eigenvalue weighted by Crippen LogP contribution is 2.26. The van der Waals surface area contributed by atoms with E-state index in [9.17, 15) is 4.79 Å². The van der Waals surface area contributed by atoms with Crippen LogP contribution < -0.4 is 15.5 Å². The van der Waals surface area contributed by atoms with Gasteiger partial charge in [-0.1, -0.05) is 0 Å². The second-order valence-electron chi connectivity index (χ2n) is 7.34. The fourth-order valence-electron chi connectivity index (χ4n) is 3.86. The van der Waals surface area contributed by atoms with Crippen LogP contribution in [0, 0.1) is 0 Å². The standard InChI is InChI=1S/C20H27N5OS/c1-15(25-11-6-18-16(14-25)7-12-27-18)13-22-20(26)23-17-5-4-8-21-19(17)24-9-2-3-10-24/h4-5,7-8,12,15H,2-3,6,9-11,13-14H2,1H3,(H2,22,23,26)/t15-/m0/s1. The first kappa shape index (κ1) is 18.3. The molecule has 2 aliphatic heterocycles. The van der Waals surface area contributed by atoms with Crippen LogP contribution in [0.2, 0.25) is 0 Å². The highest BCUT2D eigenvalue weighted by Gasteiger charge is 2.22. The lowest BCUT2D eigenvalue weighted by molar-refractivity contribution is 0.188. The number of aromatic nitrogens is 1. The molecule has 2 aromatic rings. The van der Waals surface area contributed by atoms with Crippen LogP contribution in [0.15, 0.2) is 29.8 Å². The Hall–Kier alpha value is -2.12. The fraction of sp³-hybridized carbons (Fsp3) is 0.500. The van der Waals surface area contributed by atoms with Gasteiger partial charge in [0.15, 0.2) is 5.82 Å². The van der Waals surface area contributed by atoms with Crippen molar-refractivity contribution in [1.82, 2.24) is 15.2 Å². The Bertz CT molecular complexity index is 786. The molecule has 0 aliphatic carbocycles. The van der Waals surface area contributed by atoms with Crippen LogP contribution in [0.5, 0.6) is 0 Å². The Morgan fingerprint density at radius 2 is 2.15 bits per heavy atom. The summed E-state index contributed by atoms with van der Waals surface area (Å²) in [5.41, 5.74) is 2.22. The number of hydrogen-bond donors (Lipinski definition) is 2. The monoisotopic (exact) mass is 385 g/mol. The second-order valence-corrected chi connectivity index (χ2v) is 8.34. The summed E-state index contributed by atoms with van der Waals surface area (Å²) < 4.78 is 0. The third kappa shape index (κ3) is 4.25. The number of rotatable bonds is 5. The predicted octanol–water partition coefficient (Wildman–Crippen LogP) is 3.31. The zero-order valence-corrected chi connectivity index (χ0v) is 16.6. The van der Waals surface area contributed by atoms with Crippen molar-refractivity contribution in [3.8, 4) is 0 Å². The summed E-state index contributed by atoms with van der Waals surface area (Å²) in [5.74, 6) is 0.874. The molecule has 1 atom stereocenters. The molecule has 2 aromatic heterocycles. The molecule has 2 N–H and O–H groups in total. The van der Waals surface area contributed by atoms with Gasteiger partial charge in [0.05, 0.1) is 5.69 Å². The molecule has 0 bridgehead atoms. The fourth-order valence-corrected chi connectivity index (χ4v) is 4.75. The van der Waals surface area contributed by atoms with Crippen molar-refractivity contribution in [1.29, 1.82) is 0 Å². The van der Waals surface area contributed by atoms with Crippen molar-refractivity contribution in [2.75, 3.05) is 36.4 Å². The number of thiophene rings is 1. The van der Waals surface area contributed by atoms with E-state index in [0.717, 1.165) is 44.1 Å². The van der Waals surface area contributed by atoms with Gasteiger partial charge in [-0.3, -0.25) is 4.90 Å². The number of fused-ring (bicyclic) bond motifs is 1. The summed E-state index contributed by atoms with van der Waals surface area (Å²) in [5, 5.41) is 8.19. The first-order valence-electron chi connectivity index (χ1n) is 9.75. The highest BCUT2D eigenvalue weighted by molar-refractivity contribution is 7.10. The number of amides is 2. The summed E-state index contributed by atoms with van der Waals surface area (Å²) in [6.07, 6.45) is 5.26. The number of hydrogen-bond acceptors (Lipinski definition) is 5. The summed E-state index contributed by atoms with van der Waals surface area (Å²) in [6, 6.07) is 6.15. The maximum absolute atomic E-state index is 12.4. The summed E-state index contributed by atoms with van der Waals surface area (Å²) in [4.78, 5) is 23.1. The van der Waals surface area contributed by atoms with Crippen LogP contribution in [0.3, 0.4) is 0 Å². The molecule has 4 heterocycles. The molecular weight excluding hydrogens is 358 g/mol. The van der Waals surface area contributed by atoms with Gasteiger partial charge in [-0.15, -0.1) is 11.3 Å². The quantitative estimate of drug-likeness (QED) is 0.829. The molecular formula is C20H27N5OS. The van der Waals surface area contributed by atoms with Crippen LogP contribution >= 0.6 is 11.3 Å². The van der Waals surface area contributed by atoms with E-state index in [1.54, 1.807) is 6.20 Å². The molecule has 0 spiro atoms. The number of carbonyl (C=O) groups excluding carboxylic acids is 1. The molecule has 0 radical (unpaired) electrons. The van der Waals surface area contributed by atoms with Crippen LogP contribution in [0.4, 0.5) is 16.3 Å². The minimum atomic E-state index is -0.163. The van der Waals surface area contributed by atoms with Crippen molar-refractivity contribution in [2.45, 2.75) is 38.8 Å². The molecule has 0 saturated carbocycles. The third-order valence-electron chi connectivity index (χ3n) is 5.46. The molecule has 6 nitrogen and oxygen atoms in total. The number of nitrogens with one attached hydrogen (secondary N) is 2. The van der Waals surface area contributed by atoms with Crippen molar-refractivity contribution >= 4 is 28.9 Å². The Labute approximate surface area is 164 Å². The molecule has 144 valence electrons. The predicted molar refractivity (Wildman–Crippen MR) is 111 cm³/mol. The molecule has 2 aliphatic rings. The van der Waals surface area contributed by atoms with E-state index in [1.807, 2.05) is 23.5 Å². The van der Waals surface area contributed by atoms with E-state index in [2.05, 4.69) is 43.8 Å². The second kappa shape index (κ2) is 8.27. The van der Waals surface area contributed by atoms with E-state index in [1.165, 1.54) is 23.3 Å². The number of pyridine rings is 1. The van der Waals surface area contributed by atoms with Gasteiger partial charge in [0.1, 0.15) is 0 Å². The average molecular weight is 386 g/mol. The first-order chi connectivity index (χ1) is 13.2. The highest BCUT2D eigenvalue weighted by atomic mass is 32.1. The molecule has 27 heavy (non-hydrogen) atoms. The lowest BCUT2D eigenvalue weighted by Crippen LogP contribution is -2.45. The largest absolute Gasteiger partial charge is 0.355 e. The topological polar surface area (TPSA) is 60.5 Å². The van der Waals surface area contributed by atoms with Crippen LogP contribution in [-0.4, -0.2) is 48.1 Å². The van der Waals surface area contributed by atoms with E-state index in [0.29, 0.717) is 12.6 Å². The zero-order chi connectivity index (χ0) is 18.6. The van der Waals surface area contributed by atoms with Crippen LogP contribution in [0.1, 0.15) is 30.2 Å². The summed E-state index contributed by atoms with van der Waals surface area (Å²) in [7, 11) is 0. The smallest absolute Gasteiger partial charge is 0.319 e. The van der Waals surface area contributed by atoms with E-state index < -0.39 is 0 Å². The summed E-state index contributed by atoms with van der Waals surface area (Å²) >= 11 is 1.85. The number of carbonyl (C=O) groups is 1. The Kier molecular flexibility index (Phi) is 5.59. The van der Waals surface area contributed by atoms with Crippen molar-refractivity contribution in [3.05, 3.63) is 40.2 Å². The first-order valence-corrected chi connectivity index (χ1v) is 10.6. The minimum Gasteiger partial charge on any atom is -0.355 e. The number of anilines is 2. The Morgan fingerprint density at radius 3 is 3.00 bits per heavy atom. The van der Waals surface area contributed by atoms with E-state index in [-0.39, 0.29) is 6.03 Å². The molecule has 4 rings (SSSR count). The molecule has 2 amide bonds. The van der Waals surface area contributed by atoms with Crippen LogP contribution in [-0.2, 0) is 13.0 Å². The van der Waals surface area contributed by atoms with E-state index >= 15 is 0 Å². The third-order valence-corrected chi connectivity index (χ3v) is 6.48. The zero-order valence-electron chi connectivity index (χ0n) is 15.8. The molecule has 1 fully saturated rings. The lowest BCUT2D eigenvalue weighted by atomic mass is 10.1. The molecule has 0 aromatic carbocycles. The van der Waals surface area contributed by atoms with Gasteiger partial charge < -0.3 is 15.5 Å². The maximum atomic E-state index is 12.4. The Balaban J connectivity index is 1.30. The minimum absolute atomic E-state index is 0.163. The molecule has 7 heteroatoms. The Morgan fingerprint density at radius 1 is 1.30 bits per heavy atom. The van der Waals surface area contributed by atoms with Gasteiger partial charge in [-0.05, 0) is 55.3 Å². The van der Waals surface area contributed by atoms with Crippen molar-refractivity contribution in [3.63, 3.8) is 0 Å². The van der Waals surface area contributed by atoms with E-state index in [4.69, 9.17) is 0 Å².